The van der Waals surface area contributed by atoms with Crippen molar-refractivity contribution < 1.29 is 32.7 Å². The van der Waals surface area contributed by atoms with Gasteiger partial charge < -0.3 is 34.2 Å². The summed E-state index contributed by atoms with van der Waals surface area (Å²) in [7, 11) is -0.805. The van der Waals surface area contributed by atoms with Crippen LogP contribution >= 0.6 is 11.8 Å². The average molecular weight is 635 g/mol. The molecule has 1 heterocycles. The lowest BCUT2D eigenvalue weighted by molar-refractivity contribution is 0.0547. The van der Waals surface area contributed by atoms with Gasteiger partial charge in [-0.05, 0) is 31.0 Å². The number of rotatable bonds is 17. The molecule has 0 saturated heterocycles. The molecule has 1 atom stereocenters. The molecule has 2 rings (SSSR count). The second-order valence-electron chi connectivity index (χ2n) is 11.3. The fraction of sp³-hybridized carbons (Fsp3) is 0.533. The van der Waals surface area contributed by atoms with Crippen molar-refractivity contribution in [3.05, 3.63) is 59.8 Å². The van der Waals surface area contributed by atoms with Crippen molar-refractivity contribution in [2.24, 2.45) is 11.7 Å². The zero-order valence-electron chi connectivity index (χ0n) is 26.6. The number of alkyl carbamates (subject to hydrolysis) is 1. The van der Waals surface area contributed by atoms with Gasteiger partial charge in [0, 0.05) is 28.7 Å². The van der Waals surface area contributed by atoms with Gasteiger partial charge in [0.25, 0.3) is 8.32 Å². The van der Waals surface area contributed by atoms with Crippen LogP contribution in [0.1, 0.15) is 66.9 Å². The van der Waals surface area contributed by atoms with Gasteiger partial charge in [-0.3, -0.25) is 0 Å². The van der Waals surface area contributed by atoms with E-state index in [1.807, 2.05) is 13.0 Å². The summed E-state index contributed by atoms with van der Waals surface area (Å²) in [6, 6.07) is 1.27. The number of nitrogens with one attached hydrogen (secondary N) is 1. The highest BCUT2D eigenvalue weighted by Crippen LogP contribution is 2.47. The number of esters is 1. The van der Waals surface area contributed by atoms with Crippen LogP contribution in [-0.4, -0.2) is 56.6 Å². The number of methoxy groups -OCH3 is 1. The Morgan fingerprint density at radius 3 is 2.44 bits per heavy atom. The highest BCUT2D eigenvalue weighted by atomic mass is 32.2. The molecule has 13 heteroatoms. The minimum absolute atomic E-state index is 0.0216. The number of carbonyl (C=O) groups is 2. The molecule has 43 heavy (non-hydrogen) atoms. The number of amides is 1. The van der Waals surface area contributed by atoms with Gasteiger partial charge in [0.05, 0.1) is 25.3 Å². The van der Waals surface area contributed by atoms with E-state index < -0.39 is 26.4 Å². The Morgan fingerprint density at radius 2 is 1.84 bits per heavy atom. The number of nitrogens with two attached hydrogens (primary N) is 1. The van der Waals surface area contributed by atoms with Crippen LogP contribution in [-0.2, 0) is 21.8 Å². The van der Waals surface area contributed by atoms with Crippen molar-refractivity contribution in [3.8, 4) is 11.5 Å². The third kappa shape index (κ3) is 9.34. The molecular formula is C30H46N4O7SSi. The number of hydrogen-bond acceptors (Lipinski definition) is 11. The largest absolute Gasteiger partial charge is 0.543 e. The van der Waals surface area contributed by atoms with E-state index in [1.165, 1.54) is 23.9 Å². The molecule has 1 amide bonds. The quantitative estimate of drug-likeness (QED) is 0.118. The van der Waals surface area contributed by atoms with Crippen LogP contribution in [0.25, 0.3) is 0 Å². The van der Waals surface area contributed by atoms with Crippen LogP contribution in [0.5, 0.6) is 11.5 Å². The van der Waals surface area contributed by atoms with Gasteiger partial charge in [0.2, 0.25) is 5.89 Å². The summed E-state index contributed by atoms with van der Waals surface area (Å²) >= 11 is 1.49. The van der Waals surface area contributed by atoms with Crippen LogP contribution in [0.3, 0.4) is 0 Å². The number of ether oxygens (including phenoxy) is 3. The van der Waals surface area contributed by atoms with Gasteiger partial charge in [-0.1, -0.05) is 58.2 Å². The first-order valence-corrected chi connectivity index (χ1v) is 18.1. The summed E-state index contributed by atoms with van der Waals surface area (Å²) in [6.45, 7) is 22.4. The fourth-order valence-corrected chi connectivity index (χ4v) is 7.39. The second kappa shape index (κ2) is 16.0. The van der Waals surface area contributed by atoms with E-state index in [0.29, 0.717) is 45.6 Å². The van der Waals surface area contributed by atoms with Crippen LogP contribution in [0, 0.1) is 12.8 Å². The Balaban J connectivity index is 2.33. The van der Waals surface area contributed by atoms with E-state index >= 15 is 0 Å². The van der Waals surface area contributed by atoms with E-state index in [1.54, 1.807) is 7.11 Å². The summed E-state index contributed by atoms with van der Waals surface area (Å²) in [6.07, 6.45) is 2.37. The highest BCUT2D eigenvalue weighted by molar-refractivity contribution is 7.98. The van der Waals surface area contributed by atoms with Crippen molar-refractivity contribution in [2.75, 3.05) is 26.1 Å². The van der Waals surface area contributed by atoms with Gasteiger partial charge >= 0.3 is 12.1 Å². The molecular weight excluding hydrogens is 589 g/mol. The molecule has 0 aliphatic carbocycles. The fourth-order valence-electron chi connectivity index (χ4n) is 4.00. The number of nitrogens with zero attached hydrogens (tertiary/aromatic N) is 2. The molecule has 0 radical (unpaired) electrons. The molecule has 1 aromatic heterocycles. The summed E-state index contributed by atoms with van der Waals surface area (Å²) in [4.78, 5) is 29.3. The first kappa shape index (κ1) is 35.9. The Labute approximate surface area is 260 Å². The topological polar surface area (TPSA) is 148 Å². The Morgan fingerprint density at radius 1 is 1.19 bits per heavy atom. The average Bonchev–Trinajstić information content (AvgIpc) is 3.43. The summed E-state index contributed by atoms with van der Waals surface area (Å²) in [5.41, 5.74) is 8.14. The molecule has 1 aromatic carbocycles. The third-order valence-corrected chi connectivity index (χ3v) is 13.3. The van der Waals surface area contributed by atoms with Crippen molar-refractivity contribution in [3.63, 3.8) is 0 Å². The Kier molecular flexibility index (Phi) is 13.3. The third-order valence-electron chi connectivity index (χ3n) is 7.79. The molecule has 0 aliphatic heterocycles. The number of thioether (sulfide) groups is 1. The van der Waals surface area contributed by atoms with Gasteiger partial charge in [0.15, 0.2) is 5.82 Å². The highest BCUT2D eigenvalue weighted by Gasteiger charge is 2.45. The first-order chi connectivity index (χ1) is 20.2. The lowest BCUT2D eigenvalue weighted by Crippen LogP contribution is -2.48. The Hall–Kier alpha value is -3.29. The van der Waals surface area contributed by atoms with Crippen LogP contribution in [0.4, 0.5) is 4.79 Å². The van der Waals surface area contributed by atoms with E-state index in [9.17, 15) is 9.59 Å². The zero-order chi connectivity index (χ0) is 32.4. The van der Waals surface area contributed by atoms with E-state index in [2.05, 4.69) is 69.4 Å². The summed E-state index contributed by atoms with van der Waals surface area (Å²) in [5, 5.41) is 6.33. The van der Waals surface area contributed by atoms with Gasteiger partial charge in [-0.15, -0.1) is 0 Å². The molecule has 0 aliphatic rings. The van der Waals surface area contributed by atoms with Crippen molar-refractivity contribution in [2.45, 2.75) is 71.1 Å². The molecule has 0 bridgehead atoms. The molecule has 238 valence electrons. The van der Waals surface area contributed by atoms with Gasteiger partial charge in [0.1, 0.15) is 24.7 Å². The number of hydrogen-bond donors (Lipinski definition) is 2. The summed E-state index contributed by atoms with van der Waals surface area (Å²) in [5.74, 6) is 2.32. The van der Waals surface area contributed by atoms with Crippen LogP contribution in [0.15, 0.2) is 35.9 Å². The molecule has 0 fully saturated rings. The molecule has 1 unspecified atom stereocenters. The monoisotopic (exact) mass is 634 g/mol. The minimum Gasteiger partial charge on any atom is -0.543 e. The number of benzene rings is 1. The smallest absolute Gasteiger partial charge is 0.407 e. The van der Waals surface area contributed by atoms with Crippen molar-refractivity contribution >= 4 is 32.1 Å². The first-order valence-electron chi connectivity index (χ1n) is 14.0. The van der Waals surface area contributed by atoms with Crippen molar-refractivity contribution in [1.29, 1.82) is 0 Å². The molecule has 3 N–H and O–H groups in total. The summed E-state index contributed by atoms with van der Waals surface area (Å²) < 4.78 is 28.2. The van der Waals surface area contributed by atoms with Gasteiger partial charge in [-0.25, -0.2) is 9.59 Å². The zero-order valence-corrected chi connectivity index (χ0v) is 28.4. The van der Waals surface area contributed by atoms with Crippen LogP contribution < -0.4 is 20.2 Å². The lowest BCUT2D eigenvalue weighted by Gasteiger charge is -2.43. The normalized spacial score (nSPS) is 12.4. The maximum Gasteiger partial charge on any atom is 0.407 e. The van der Waals surface area contributed by atoms with Crippen LogP contribution in [0.2, 0.25) is 18.1 Å². The molecule has 11 nitrogen and oxygen atoms in total. The number of carbonyl (C=O) groups excluding carboxylic acids is 2. The number of aromatic nitrogens is 2. The molecule has 0 spiro atoms. The maximum absolute atomic E-state index is 13.3. The standard InChI is InChI=1S/C30H46N4O7SSi/c1-11-13-38-28(35)26-20(5)23(37-8)15-24(41-43(9,10)30(6,7)19(3)4)21(26)17-42-18-22(31)27-33-25(34-40-27)16-32-29(36)39-14-12-2/h11-12,15,19,22H,1-2,13-14,16-18,31H2,3-10H3,(H,32,36). The van der Waals surface area contributed by atoms with E-state index in [4.69, 9.17) is 28.9 Å². The lowest BCUT2D eigenvalue weighted by atomic mass is 9.99. The SMILES string of the molecule is C=CCOC(=O)NCc1noc(C(N)CSCc2c(O[Si](C)(C)C(C)(C)C(C)C)cc(OC)c(C)c2C(=O)OCC=C)n1. The Bertz CT molecular complexity index is 1280. The molecule has 2 aromatic rings. The predicted molar refractivity (Wildman–Crippen MR) is 171 cm³/mol. The van der Waals surface area contributed by atoms with Crippen molar-refractivity contribution in [1.82, 2.24) is 15.5 Å². The maximum atomic E-state index is 13.3. The minimum atomic E-state index is -2.37. The predicted octanol–water partition coefficient (Wildman–Crippen LogP) is 6.09. The second-order valence-corrected chi connectivity index (χ2v) is 16.9. The van der Waals surface area contributed by atoms with E-state index in [-0.39, 0.29) is 36.5 Å². The van der Waals surface area contributed by atoms with Gasteiger partial charge in [-0.2, -0.15) is 16.7 Å². The molecule has 0 saturated carbocycles. The van der Waals surface area contributed by atoms with E-state index in [0.717, 1.165) is 0 Å².